The normalized spacial score (nSPS) is 10.6. The van der Waals surface area contributed by atoms with Crippen molar-refractivity contribution < 1.29 is 9.31 Å². The van der Waals surface area contributed by atoms with Crippen LogP contribution >= 0.6 is 0 Å². The van der Waals surface area contributed by atoms with Gasteiger partial charge in [0.1, 0.15) is 5.82 Å². The highest BCUT2D eigenvalue weighted by Crippen LogP contribution is 2.23. The second kappa shape index (κ2) is 5.72. The van der Waals surface area contributed by atoms with Gasteiger partial charge in [0, 0.05) is 11.6 Å². The van der Waals surface area contributed by atoms with E-state index in [4.69, 9.17) is 0 Å². The van der Waals surface area contributed by atoms with Crippen molar-refractivity contribution in [1.82, 2.24) is 15.0 Å². The predicted molar refractivity (Wildman–Crippen MR) is 77.6 cm³/mol. The first-order valence-corrected chi connectivity index (χ1v) is 6.52. The fourth-order valence-corrected chi connectivity index (χ4v) is 2.20. The van der Waals surface area contributed by atoms with E-state index in [1.807, 2.05) is 0 Å². The smallest absolute Gasteiger partial charge is 0.258 e. The van der Waals surface area contributed by atoms with Crippen molar-refractivity contribution in [3.8, 4) is 11.3 Å². The van der Waals surface area contributed by atoms with E-state index in [-0.39, 0.29) is 18.0 Å². The zero-order valence-corrected chi connectivity index (χ0v) is 11.4. The van der Waals surface area contributed by atoms with Gasteiger partial charge >= 0.3 is 0 Å². The van der Waals surface area contributed by atoms with Gasteiger partial charge in [-0.05, 0) is 24.3 Å². The molecule has 3 aromatic rings. The van der Waals surface area contributed by atoms with Gasteiger partial charge in [-0.3, -0.25) is 10.1 Å². The number of nitro groups is 1. The van der Waals surface area contributed by atoms with Crippen LogP contribution in [0, 0.1) is 15.9 Å². The maximum atomic E-state index is 13.0. The molecule has 110 valence electrons. The van der Waals surface area contributed by atoms with Crippen molar-refractivity contribution in [3.05, 3.63) is 76.2 Å². The Labute approximate surface area is 125 Å². The molecule has 0 saturated carbocycles. The molecule has 0 radical (unpaired) electrons. The molecule has 0 bridgehead atoms. The Morgan fingerprint density at radius 1 is 1.14 bits per heavy atom. The molecule has 22 heavy (non-hydrogen) atoms. The molecule has 1 heterocycles. The summed E-state index contributed by atoms with van der Waals surface area (Å²) in [4.78, 5) is 10.6. The van der Waals surface area contributed by atoms with Crippen LogP contribution in [0.25, 0.3) is 11.3 Å². The number of aromatic nitrogens is 3. The summed E-state index contributed by atoms with van der Waals surface area (Å²) in [5, 5.41) is 18.9. The highest BCUT2D eigenvalue weighted by Gasteiger charge is 2.15. The van der Waals surface area contributed by atoms with E-state index in [1.165, 1.54) is 18.2 Å². The molecule has 7 heteroatoms. The van der Waals surface area contributed by atoms with E-state index in [0.717, 1.165) is 5.56 Å². The lowest BCUT2D eigenvalue weighted by atomic mass is 10.1. The van der Waals surface area contributed by atoms with Crippen molar-refractivity contribution in [2.45, 2.75) is 6.54 Å². The summed E-state index contributed by atoms with van der Waals surface area (Å²) in [7, 11) is 0. The summed E-state index contributed by atoms with van der Waals surface area (Å²) in [5.74, 6) is -0.332. The van der Waals surface area contributed by atoms with Crippen molar-refractivity contribution >= 4 is 5.69 Å². The quantitative estimate of drug-likeness (QED) is 0.548. The Morgan fingerprint density at radius 3 is 2.59 bits per heavy atom. The van der Waals surface area contributed by atoms with Crippen LogP contribution in [0.15, 0.2) is 54.7 Å². The number of rotatable bonds is 4. The minimum absolute atomic E-state index is 0.0306. The van der Waals surface area contributed by atoms with Crippen molar-refractivity contribution in [2.75, 3.05) is 0 Å². The first-order chi connectivity index (χ1) is 10.6. The third kappa shape index (κ3) is 2.69. The molecule has 0 amide bonds. The van der Waals surface area contributed by atoms with Gasteiger partial charge in [0.15, 0.2) is 0 Å². The summed E-state index contributed by atoms with van der Waals surface area (Å²) in [6, 6.07) is 12.4. The van der Waals surface area contributed by atoms with E-state index in [2.05, 4.69) is 10.3 Å². The summed E-state index contributed by atoms with van der Waals surface area (Å²) in [6.45, 7) is 0.212. The Kier molecular flexibility index (Phi) is 3.61. The molecule has 0 aliphatic rings. The van der Waals surface area contributed by atoms with Crippen LogP contribution in [0.1, 0.15) is 5.56 Å². The lowest BCUT2D eigenvalue weighted by molar-refractivity contribution is -0.385. The molecule has 0 saturated heterocycles. The number of hydrogen-bond acceptors (Lipinski definition) is 4. The van der Waals surface area contributed by atoms with Crippen LogP contribution < -0.4 is 0 Å². The Morgan fingerprint density at radius 2 is 1.86 bits per heavy atom. The van der Waals surface area contributed by atoms with Crippen LogP contribution in [-0.2, 0) is 6.54 Å². The number of hydrogen-bond donors (Lipinski definition) is 0. The third-order valence-electron chi connectivity index (χ3n) is 3.27. The highest BCUT2D eigenvalue weighted by atomic mass is 19.1. The molecule has 0 atom stereocenters. The van der Waals surface area contributed by atoms with Crippen molar-refractivity contribution in [3.63, 3.8) is 0 Å². The second-order valence-electron chi connectivity index (χ2n) is 4.67. The third-order valence-corrected chi connectivity index (χ3v) is 3.27. The molecule has 0 aliphatic heterocycles. The monoisotopic (exact) mass is 298 g/mol. The van der Waals surface area contributed by atoms with E-state index < -0.39 is 4.92 Å². The molecule has 0 fully saturated rings. The van der Waals surface area contributed by atoms with E-state index >= 15 is 0 Å². The average Bonchev–Trinajstić information content (AvgIpc) is 2.96. The zero-order chi connectivity index (χ0) is 15.5. The topological polar surface area (TPSA) is 73.8 Å². The molecular weight excluding hydrogens is 287 g/mol. The predicted octanol–water partition coefficient (Wildman–Crippen LogP) is 3.04. The molecule has 6 nitrogen and oxygen atoms in total. The molecule has 2 aromatic carbocycles. The van der Waals surface area contributed by atoms with Gasteiger partial charge in [0.25, 0.3) is 5.69 Å². The molecule has 3 rings (SSSR count). The summed E-state index contributed by atoms with van der Waals surface area (Å²) in [5.41, 5.74) is 1.97. The summed E-state index contributed by atoms with van der Waals surface area (Å²) < 4.78 is 14.6. The molecule has 0 N–H and O–H groups in total. The first-order valence-electron chi connectivity index (χ1n) is 6.52. The SMILES string of the molecule is O=[N+]([O-])c1ccccc1Cn1nncc1-c1ccc(F)cc1. The van der Waals surface area contributed by atoms with Crippen molar-refractivity contribution in [1.29, 1.82) is 0 Å². The number of nitro benzene ring substituents is 1. The maximum Gasteiger partial charge on any atom is 0.274 e. The minimum atomic E-state index is -0.427. The maximum absolute atomic E-state index is 13.0. The standard InChI is InChI=1S/C15H11FN4O2/c16-13-7-5-11(6-8-13)15-9-17-18-19(15)10-12-3-1-2-4-14(12)20(21)22/h1-9H,10H2. The van der Waals surface area contributed by atoms with Gasteiger partial charge in [-0.1, -0.05) is 23.4 Å². The first kappa shape index (κ1) is 13.9. The summed E-state index contributed by atoms with van der Waals surface area (Å²) >= 11 is 0. The Balaban J connectivity index is 1.97. The van der Waals surface area contributed by atoms with Gasteiger partial charge in [0.2, 0.25) is 0 Å². The largest absolute Gasteiger partial charge is 0.274 e. The van der Waals surface area contributed by atoms with Gasteiger partial charge < -0.3 is 0 Å². The lowest BCUT2D eigenvalue weighted by Crippen LogP contribution is -2.06. The number of para-hydroxylation sites is 1. The van der Waals surface area contributed by atoms with Crippen molar-refractivity contribution in [2.24, 2.45) is 0 Å². The van der Waals surface area contributed by atoms with Gasteiger partial charge in [0.05, 0.1) is 28.9 Å². The van der Waals surface area contributed by atoms with Crippen LogP contribution in [0.2, 0.25) is 0 Å². The lowest BCUT2D eigenvalue weighted by Gasteiger charge is -2.07. The van der Waals surface area contributed by atoms with E-state index in [1.54, 1.807) is 41.2 Å². The van der Waals surface area contributed by atoms with E-state index in [0.29, 0.717) is 11.3 Å². The number of halogens is 1. The van der Waals surface area contributed by atoms with Crippen LogP contribution in [0.5, 0.6) is 0 Å². The molecule has 0 spiro atoms. The van der Waals surface area contributed by atoms with Gasteiger partial charge in [-0.25, -0.2) is 9.07 Å². The number of benzene rings is 2. The molecule has 0 unspecified atom stereocenters. The van der Waals surface area contributed by atoms with Crippen LogP contribution in [0.3, 0.4) is 0 Å². The van der Waals surface area contributed by atoms with Gasteiger partial charge in [-0.2, -0.15) is 0 Å². The fraction of sp³-hybridized carbons (Fsp3) is 0.0667. The highest BCUT2D eigenvalue weighted by molar-refractivity contribution is 5.58. The molecular formula is C15H11FN4O2. The minimum Gasteiger partial charge on any atom is -0.258 e. The fourth-order valence-electron chi connectivity index (χ4n) is 2.20. The molecule has 1 aromatic heterocycles. The second-order valence-corrected chi connectivity index (χ2v) is 4.67. The van der Waals surface area contributed by atoms with E-state index in [9.17, 15) is 14.5 Å². The summed E-state index contributed by atoms with van der Waals surface area (Å²) in [6.07, 6.45) is 1.54. The average molecular weight is 298 g/mol. The Hall–Kier alpha value is -3.09. The van der Waals surface area contributed by atoms with Gasteiger partial charge in [-0.15, -0.1) is 5.10 Å². The number of nitrogens with zero attached hydrogens (tertiary/aromatic N) is 4. The van der Waals surface area contributed by atoms with Crippen LogP contribution in [-0.4, -0.2) is 19.9 Å². The Bertz CT molecular complexity index is 814. The van der Waals surface area contributed by atoms with Crippen LogP contribution in [0.4, 0.5) is 10.1 Å². The zero-order valence-electron chi connectivity index (χ0n) is 11.4. The molecule has 0 aliphatic carbocycles.